The first-order valence-corrected chi connectivity index (χ1v) is 7.70. The van der Waals surface area contributed by atoms with Gasteiger partial charge in [-0.1, -0.05) is 36.4 Å². The van der Waals surface area contributed by atoms with Crippen molar-refractivity contribution < 1.29 is 27.8 Å². The van der Waals surface area contributed by atoms with Crippen LogP contribution >= 0.6 is 0 Å². The highest BCUT2D eigenvalue weighted by molar-refractivity contribution is 5.84. The van der Waals surface area contributed by atoms with Crippen LogP contribution in [0.3, 0.4) is 0 Å². The van der Waals surface area contributed by atoms with Crippen molar-refractivity contribution in [3.8, 4) is 11.8 Å². The number of nitrogens with zero attached hydrogens (tertiary/aromatic N) is 1. The van der Waals surface area contributed by atoms with E-state index >= 15 is 0 Å². The third-order valence-electron chi connectivity index (χ3n) is 3.49. The average molecular weight is 373 g/mol. The first kappa shape index (κ1) is 19.8. The van der Waals surface area contributed by atoms with Gasteiger partial charge in [0.15, 0.2) is 6.61 Å². The van der Waals surface area contributed by atoms with E-state index in [9.17, 15) is 18.0 Å². The van der Waals surface area contributed by atoms with Gasteiger partial charge < -0.3 is 9.84 Å². The van der Waals surface area contributed by atoms with E-state index < -0.39 is 17.7 Å². The van der Waals surface area contributed by atoms with Gasteiger partial charge in [0.25, 0.3) is 0 Å². The molecule has 0 atom stereocenters. The van der Waals surface area contributed by atoms with E-state index in [4.69, 9.17) is 15.1 Å². The van der Waals surface area contributed by atoms with Gasteiger partial charge in [0.05, 0.1) is 5.56 Å². The Morgan fingerprint density at radius 1 is 1.07 bits per heavy atom. The van der Waals surface area contributed by atoms with Crippen LogP contribution in [0.2, 0.25) is 0 Å². The van der Waals surface area contributed by atoms with Crippen LogP contribution in [-0.4, -0.2) is 17.7 Å². The summed E-state index contributed by atoms with van der Waals surface area (Å²) in [5.74, 6) is -0.675. The molecular formula is C20H14F3NO3. The monoisotopic (exact) mass is 373 g/mol. The van der Waals surface area contributed by atoms with Crippen LogP contribution in [0.5, 0.6) is 5.75 Å². The second-order valence-corrected chi connectivity index (χ2v) is 5.32. The van der Waals surface area contributed by atoms with Crippen LogP contribution in [0.1, 0.15) is 16.7 Å². The van der Waals surface area contributed by atoms with Crippen molar-refractivity contribution in [2.24, 2.45) is 0 Å². The molecule has 2 aromatic rings. The third-order valence-corrected chi connectivity index (χ3v) is 3.49. The van der Waals surface area contributed by atoms with Gasteiger partial charge >= 0.3 is 12.1 Å². The molecule has 0 aromatic heterocycles. The van der Waals surface area contributed by atoms with E-state index in [1.807, 2.05) is 6.07 Å². The van der Waals surface area contributed by atoms with Crippen molar-refractivity contribution >= 4 is 11.5 Å². The molecular weight excluding hydrogens is 359 g/mol. The van der Waals surface area contributed by atoms with Crippen LogP contribution in [0.4, 0.5) is 13.2 Å². The molecule has 0 aliphatic carbocycles. The minimum absolute atomic E-state index is 0.109. The first-order chi connectivity index (χ1) is 12.8. The van der Waals surface area contributed by atoms with Gasteiger partial charge in [0.1, 0.15) is 11.8 Å². The number of hydrogen-bond acceptors (Lipinski definition) is 3. The van der Waals surface area contributed by atoms with E-state index in [0.717, 1.165) is 18.2 Å². The van der Waals surface area contributed by atoms with Crippen molar-refractivity contribution in [2.75, 3.05) is 6.61 Å². The zero-order chi connectivity index (χ0) is 19.9. The van der Waals surface area contributed by atoms with E-state index in [0.29, 0.717) is 22.4 Å². The summed E-state index contributed by atoms with van der Waals surface area (Å²) in [5, 5.41) is 17.2. The Bertz CT molecular complexity index is 890. The number of allylic oxidation sites excluding steroid dienone is 2. The molecule has 0 aliphatic heterocycles. The summed E-state index contributed by atoms with van der Waals surface area (Å²) in [4.78, 5) is 10.7. The number of rotatable bonds is 6. The summed E-state index contributed by atoms with van der Waals surface area (Å²) in [7, 11) is 0. The lowest BCUT2D eigenvalue weighted by Crippen LogP contribution is -2.04. The van der Waals surface area contributed by atoms with E-state index in [1.165, 1.54) is 24.3 Å². The second-order valence-electron chi connectivity index (χ2n) is 5.32. The number of hydrogen-bond donors (Lipinski definition) is 1. The molecule has 0 heterocycles. The number of ether oxygens (including phenoxy) is 1. The molecule has 0 saturated carbocycles. The second kappa shape index (κ2) is 8.72. The maximum Gasteiger partial charge on any atom is 0.416 e. The zero-order valence-corrected chi connectivity index (χ0v) is 13.9. The van der Waals surface area contributed by atoms with Crippen LogP contribution in [0, 0.1) is 11.3 Å². The number of carboxylic acids is 1. The minimum atomic E-state index is -4.44. The largest absolute Gasteiger partial charge is 0.479 e. The van der Waals surface area contributed by atoms with E-state index in [1.54, 1.807) is 24.3 Å². The lowest BCUT2D eigenvalue weighted by atomic mass is 9.96. The smallest absolute Gasteiger partial charge is 0.416 e. The van der Waals surface area contributed by atoms with Crippen molar-refractivity contribution in [3.63, 3.8) is 0 Å². The quantitative estimate of drug-likeness (QED) is 0.590. The van der Waals surface area contributed by atoms with Crippen LogP contribution in [0.25, 0.3) is 5.57 Å². The normalized spacial score (nSPS) is 12.0. The molecule has 4 nitrogen and oxygen atoms in total. The average Bonchev–Trinajstić information content (AvgIpc) is 2.63. The SMILES string of the molecule is N#CCOc1ccc(C(=CC=CC(=O)O)c2ccc(C(F)(F)F)cc2)cc1. The molecule has 27 heavy (non-hydrogen) atoms. The van der Waals surface area contributed by atoms with Crippen molar-refractivity contribution in [1.82, 2.24) is 0 Å². The molecule has 0 spiro atoms. The maximum atomic E-state index is 12.8. The number of aliphatic carboxylic acids is 1. The highest BCUT2D eigenvalue weighted by Crippen LogP contribution is 2.31. The van der Waals surface area contributed by atoms with E-state index in [2.05, 4.69) is 0 Å². The fourth-order valence-corrected chi connectivity index (χ4v) is 2.27. The molecule has 2 rings (SSSR count). The molecule has 0 aliphatic rings. The maximum absolute atomic E-state index is 12.8. The van der Waals surface area contributed by atoms with Crippen molar-refractivity contribution in [2.45, 2.75) is 6.18 Å². The summed E-state index contributed by atoms with van der Waals surface area (Å²) in [6.07, 6.45) is -0.711. The highest BCUT2D eigenvalue weighted by atomic mass is 19.4. The highest BCUT2D eigenvalue weighted by Gasteiger charge is 2.30. The third kappa shape index (κ3) is 5.75. The molecule has 138 valence electrons. The fraction of sp³-hybridized carbons (Fsp3) is 0.100. The molecule has 1 N–H and O–H groups in total. The van der Waals surface area contributed by atoms with Crippen LogP contribution in [-0.2, 0) is 11.0 Å². The van der Waals surface area contributed by atoms with Crippen molar-refractivity contribution in [1.29, 1.82) is 5.26 Å². The van der Waals surface area contributed by atoms with Gasteiger partial charge in [0.2, 0.25) is 0 Å². The number of benzene rings is 2. The van der Waals surface area contributed by atoms with E-state index in [-0.39, 0.29) is 6.61 Å². The lowest BCUT2D eigenvalue weighted by molar-refractivity contribution is -0.137. The van der Waals surface area contributed by atoms with Crippen LogP contribution < -0.4 is 4.74 Å². The standard InChI is InChI=1S/C20H14F3NO3/c21-20(22,23)16-8-4-14(5-9-16)18(2-1-3-19(25)26)15-6-10-17(11-7-15)27-13-12-24/h1-11H,13H2,(H,25,26). The molecule has 0 radical (unpaired) electrons. The van der Waals surface area contributed by atoms with Gasteiger partial charge in [-0.25, -0.2) is 4.79 Å². The summed E-state index contributed by atoms with van der Waals surface area (Å²) in [6.45, 7) is -0.109. The van der Waals surface area contributed by atoms with Gasteiger partial charge in [-0.05, 0) is 41.0 Å². The Labute approximate surface area is 153 Å². The van der Waals surface area contributed by atoms with Gasteiger partial charge in [0, 0.05) is 6.08 Å². The number of carbonyl (C=O) groups is 1. The Kier molecular flexibility index (Phi) is 6.39. The Morgan fingerprint density at radius 2 is 1.63 bits per heavy atom. The molecule has 0 saturated heterocycles. The molecule has 0 amide bonds. The van der Waals surface area contributed by atoms with Gasteiger partial charge in [-0.3, -0.25) is 0 Å². The fourth-order valence-electron chi connectivity index (χ4n) is 2.27. The van der Waals surface area contributed by atoms with Crippen molar-refractivity contribution in [3.05, 3.63) is 83.4 Å². The topological polar surface area (TPSA) is 70.3 Å². The molecule has 7 heteroatoms. The lowest BCUT2D eigenvalue weighted by Gasteiger charge is -2.11. The number of halogens is 3. The first-order valence-electron chi connectivity index (χ1n) is 7.70. The molecule has 0 bridgehead atoms. The molecule has 0 fully saturated rings. The van der Waals surface area contributed by atoms with Gasteiger partial charge in [-0.15, -0.1) is 0 Å². The predicted octanol–water partition coefficient (Wildman–Crippen LogP) is 4.68. The number of carboxylic acid groups (broad SMARTS) is 1. The molecule has 0 unspecified atom stereocenters. The van der Waals surface area contributed by atoms with Crippen LogP contribution in [0.15, 0.2) is 66.8 Å². The number of alkyl halides is 3. The summed E-state index contributed by atoms with van der Waals surface area (Å²) in [5.41, 5.74) is 0.901. The summed E-state index contributed by atoms with van der Waals surface area (Å²) >= 11 is 0. The Balaban J connectivity index is 2.40. The zero-order valence-electron chi connectivity index (χ0n) is 13.9. The molecule has 2 aromatic carbocycles. The minimum Gasteiger partial charge on any atom is -0.479 e. The summed E-state index contributed by atoms with van der Waals surface area (Å²) in [6, 6.07) is 13.0. The summed E-state index contributed by atoms with van der Waals surface area (Å²) < 4.78 is 43.4. The predicted molar refractivity (Wildman–Crippen MR) is 92.8 cm³/mol. The Hall–Kier alpha value is -3.53. The number of nitriles is 1. The van der Waals surface area contributed by atoms with Gasteiger partial charge in [-0.2, -0.15) is 18.4 Å². The Morgan fingerprint density at radius 3 is 2.11 bits per heavy atom.